The first-order valence-electron chi connectivity index (χ1n) is 4.97. The lowest BCUT2D eigenvalue weighted by Gasteiger charge is -2.09. The van der Waals surface area contributed by atoms with Crippen molar-refractivity contribution in [1.29, 1.82) is 0 Å². The molecule has 1 aliphatic rings. The van der Waals surface area contributed by atoms with Crippen molar-refractivity contribution in [2.75, 3.05) is 11.6 Å². The highest BCUT2D eigenvalue weighted by Crippen LogP contribution is 2.27. The van der Waals surface area contributed by atoms with Crippen LogP contribution in [0, 0.1) is 0 Å². The molecule has 0 spiro atoms. The zero-order valence-corrected chi connectivity index (χ0v) is 9.88. The SMILES string of the molecule is C=S(C)c1ncc(C(N)=O)c(NC2CC2)n1. The molecule has 0 radical (unpaired) electrons. The van der Waals surface area contributed by atoms with Gasteiger partial charge >= 0.3 is 0 Å². The predicted octanol–water partition coefficient (Wildman–Crippen LogP) is 0.839. The van der Waals surface area contributed by atoms with Crippen molar-refractivity contribution < 1.29 is 4.79 Å². The highest BCUT2D eigenvalue weighted by molar-refractivity contribution is 8.13. The Balaban J connectivity index is 2.37. The molecule has 6 heteroatoms. The van der Waals surface area contributed by atoms with E-state index in [0.717, 1.165) is 12.8 Å². The molecule has 1 aromatic heterocycles. The predicted molar refractivity (Wildman–Crippen MR) is 66.1 cm³/mol. The Kier molecular flexibility index (Phi) is 2.91. The number of carbonyl (C=O) groups is 1. The van der Waals surface area contributed by atoms with Gasteiger partial charge in [-0.25, -0.2) is 9.97 Å². The van der Waals surface area contributed by atoms with Gasteiger partial charge in [0.15, 0.2) is 5.16 Å². The van der Waals surface area contributed by atoms with E-state index >= 15 is 0 Å². The molecule has 5 nitrogen and oxygen atoms in total. The molecule has 1 aliphatic carbocycles. The van der Waals surface area contributed by atoms with E-state index in [-0.39, 0.29) is 10.5 Å². The molecule has 1 saturated carbocycles. The lowest BCUT2D eigenvalue weighted by Crippen LogP contribution is -2.17. The van der Waals surface area contributed by atoms with Gasteiger partial charge in [-0.15, -0.1) is 10.5 Å². The van der Waals surface area contributed by atoms with Gasteiger partial charge in [0.1, 0.15) is 5.82 Å². The van der Waals surface area contributed by atoms with E-state index in [1.54, 1.807) is 0 Å². The molecule has 1 fully saturated rings. The molecule has 1 atom stereocenters. The van der Waals surface area contributed by atoms with Crippen molar-refractivity contribution in [3.05, 3.63) is 11.8 Å². The molecule has 3 N–H and O–H groups in total. The normalized spacial score (nSPS) is 16.8. The second-order valence-corrected chi connectivity index (χ2v) is 5.47. The first-order chi connectivity index (χ1) is 7.58. The van der Waals surface area contributed by atoms with E-state index in [1.807, 2.05) is 6.26 Å². The van der Waals surface area contributed by atoms with Gasteiger partial charge in [0, 0.05) is 12.2 Å². The third-order valence-corrected chi connectivity index (χ3v) is 3.08. The Bertz CT molecular complexity index is 456. The number of anilines is 1. The van der Waals surface area contributed by atoms with Crippen LogP contribution in [0.15, 0.2) is 11.4 Å². The Labute approximate surface area is 96.4 Å². The number of hydrogen-bond acceptors (Lipinski definition) is 4. The fraction of sp³-hybridized carbons (Fsp3) is 0.400. The minimum atomic E-state index is -0.505. The minimum absolute atomic E-state index is 0.269. The molecule has 86 valence electrons. The van der Waals surface area contributed by atoms with Gasteiger partial charge in [-0.2, -0.15) is 0 Å². The van der Waals surface area contributed by atoms with Crippen LogP contribution in [0.3, 0.4) is 0 Å². The maximum Gasteiger partial charge on any atom is 0.254 e. The molecule has 0 aliphatic heterocycles. The molecule has 0 saturated heterocycles. The number of nitrogens with two attached hydrogens (primary N) is 1. The van der Waals surface area contributed by atoms with Crippen LogP contribution < -0.4 is 11.1 Å². The summed E-state index contributed by atoms with van der Waals surface area (Å²) >= 11 is 0. The molecule has 16 heavy (non-hydrogen) atoms. The standard InChI is InChI=1S/C10H14N4OS/c1-16(2)10-12-5-7(8(11)15)9(14-10)13-6-3-4-6/h5-6H,1,3-4H2,2H3,(H2,11,15)(H,12,13,14). The van der Waals surface area contributed by atoms with E-state index in [2.05, 4.69) is 21.2 Å². The van der Waals surface area contributed by atoms with Crippen LogP contribution >= 0.6 is 10.5 Å². The molecule has 1 amide bonds. The molecule has 0 aromatic carbocycles. The number of amides is 1. The lowest BCUT2D eigenvalue weighted by atomic mass is 10.3. The second-order valence-electron chi connectivity index (χ2n) is 3.83. The summed E-state index contributed by atoms with van der Waals surface area (Å²) in [5, 5.41) is 3.83. The Morgan fingerprint density at radius 1 is 1.69 bits per heavy atom. The average Bonchev–Trinajstić information content (AvgIpc) is 3.01. The molecular formula is C10H14N4OS. The summed E-state index contributed by atoms with van der Waals surface area (Å²) in [6, 6.07) is 0.421. The van der Waals surface area contributed by atoms with E-state index < -0.39 is 5.91 Å². The van der Waals surface area contributed by atoms with Crippen molar-refractivity contribution in [2.45, 2.75) is 24.0 Å². The van der Waals surface area contributed by atoms with E-state index in [9.17, 15) is 4.79 Å². The summed E-state index contributed by atoms with van der Waals surface area (Å²) in [5.41, 5.74) is 5.61. The third kappa shape index (κ3) is 2.38. The van der Waals surface area contributed by atoms with Gasteiger partial charge in [-0.05, 0) is 19.1 Å². The molecule has 0 bridgehead atoms. The number of aromatic nitrogens is 2. The summed E-state index contributed by atoms with van der Waals surface area (Å²) in [6.45, 7) is 0. The van der Waals surface area contributed by atoms with Crippen molar-refractivity contribution >= 4 is 28.1 Å². The fourth-order valence-corrected chi connectivity index (χ4v) is 1.72. The summed E-state index contributed by atoms with van der Waals surface area (Å²) in [6.07, 6.45) is 5.63. The first-order valence-corrected chi connectivity index (χ1v) is 6.77. The maximum absolute atomic E-state index is 11.2. The average molecular weight is 238 g/mol. The highest BCUT2D eigenvalue weighted by Gasteiger charge is 2.24. The molecule has 1 heterocycles. The summed E-state index contributed by atoms with van der Waals surface area (Å²) < 4.78 is 0. The van der Waals surface area contributed by atoms with Crippen LogP contribution in [0.25, 0.3) is 0 Å². The zero-order chi connectivity index (χ0) is 11.7. The Hall–Kier alpha value is -1.43. The quantitative estimate of drug-likeness (QED) is 0.601. The summed E-state index contributed by atoms with van der Waals surface area (Å²) in [7, 11) is -0.269. The van der Waals surface area contributed by atoms with Gasteiger partial charge in [-0.3, -0.25) is 4.79 Å². The molecule has 1 unspecified atom stereocenters. The largest absolute Gasteiger partial charge is 0.367 e. The number of nitrogens with zero attached hydrogens (tertiary/aromatic N) is 2. The fourth-order valence-electron chi connectivity index (χ4n) is 1.24. The number of nitrogens with one attached hydrogen (secondary N) is 1. The summed E-state index contributed by atoms with van der Waals surface area (Å²) in [5.74, 6) is 3.92. The zero-order valence-electron chi connectivity index (χ0n) is 9.06. The van der Waals surface area contributed by atoms with Crippen LogP contribution in [0.1, 0.15) is 23.2 Å². The first kappa shape index (κ1) is 11.1. The van der Waals surface area contributed by atoms with E-state index in [0.29, 0.717) is 22.6 Å². The van der Waals surface area contributed by atoms with Gasteiger partial charge < -0.3 is 11.1 Å². The number of carbonyl (C=O) groups excluding carboxylic acids is 1. The molecule has 1 aromatic rings. The number of hydrogen-bond donors (Lipinski definition) is 2. The Morgan fingerprint density at radius 2 is 2.38 bits per heavy atom. The van der Waals surface area contributed by atoms with Crippen molar-refractivity contribution in [1.82, 2.24) is 9.97 Å². The van der Waals surface area contributed by atoms with Gasteiger partial charge in [0.25, 0.3) is 5.91 Å². The minimum Gasteiger partial charge on any atom is -0.367 e. The Morgan fingerprint density at radius 3 is 2.88 bits per heavy atom. The second kappa shape index (κ2) is 4.21. The maximum atomic E-state index is 11.2. The van der Waals surface area contributed by atoms with Crippen molar-refractivity contribution in [3.63, 3.8) is 0 Å². The van der Waals surface area contributed by atoms with Gasteiger partial charge in [0.2, 0.25) is 0 Å². The topological polar surface area (TPSA) is 80.9 Å². The number of rotatable bonds is 4. The third-order valence-electron chi connectivity index (χ3n) is 2.26. The van der Waals surface area contributed by atoms with E-state index in [1.165, 1.54) is 6.20 Å². The number of primary amides is 1. The summed E-state index contributed by atoms with van der Waals surface area (Å²) in [4.78, 5) is 19.6. The van der Waals surface area contributed by atoms with Gasteiger partial charge in [0.05, 0.1) is 5.56 Å². The van der Waals surface area contributed by atoms with Crippen molar-refractivity contribution in [3.8, 4) is 0 Å². The smallest absolute Gasteiger partial charge is 0.254 e. The molecular weight excluding hydrogens is 224 g/mol. The molecule has 2 rings (SSSR count). The lowest BCUT2D eigenvalue weighted by molar-refractivity contribution is 0.1000. The highest BCUT2D eigenvalue weighted by atomic mass is 32.2. The van der Waals surface area contributed by atoms with Crippen LogP contribution in [-0.4, -0.2) is 34.0 Å². The van der Waals surface area contributed by atoms with Crippen LogP contribution in [0.5, 0.6) is 0 Å². The van der Waals surface area contributed by atoms with E-state index in [4.69, 9.17) is 5.73 Å². The van der Waals surface area contributed by atoms with Crippen LogP contribution in [-0.2, 0) is 0 Å². The van der Waals surface area contributed by atoms with Crippen LogP contribution in [0.2, 0.25) is 0 Å². The van der Waals surface area contributed by atoms with Crippen LogP contribution in [0.4, 0.5) is 5.82 Å². The van der Waals surface area contributed by atoms with Gasteiger partial charge in [-0.1, -0.05) is 5.87 Å². The van der Waals surface area contributed by atoms with Crippen molar-refractivity contribution in [2.24, 2.45) is 5.73 Å². The monoisotopic (exact) mass is 238 g/mol.